The van der Waals surface area contributed by atoms with Gasteiger partial charge in [-0.2, -0.15) is 0 Å². The molecule has 2 aromatic carbocycles. The molecular weight excluding hydrogens is 372 g/mol. The molecule has 0 aliphatic rings. The highest BCUT2D eigenvalue weighted by molar-refractivity contribution is 5.83. The Labute approximate surface area is 177 Å². The van der Waals surface area contributed by atoms with Gasteiger partial charge in [-0.25, -0.2) is 0 Å². The second-order valence-corrected chi connectivity index (χ2v) is 7.44. The van der Waals surface area contributed by atoms with Crippen molar-refractivity contribution >= 4 is 28.8 Å². The zero-order chi connectivity index (χ0) is 20.8. The monoisotopic (exact) mass is 398 g/mol. The van der Waals surface area contributed by atoms with Gasteiger partial charge in [-0.05, 0) is 66.9 Å². The second kappa shape index (κ2) is 9.31. The van der Waals surface area contributed by atoms with Gasteiger partial charge in [0.15, 0.2) is 0 Å². The Bertz CT molecular complexity index is 1110. The molecular formula is C26H26N2O2. The normalized spacial score (nSPS) is 11.3. The van der Waals surface area contributed by atoms with E-state index >= 15 is 0 Å². The van der Waals surface area contributed by atoms with E-state index in [1.54, 1.807) is 0 Å². The fourth-order valence-corrected chi connectivity index (χ4v) is 3.26. The number of hydrogen-bond donors (Lipinski definition) is 0. The summed E-state index contributed by atoms with van der Waals surface area (Å²) in [7, 11) is 4.08. The Balaban J connectivity index is 1.36. The van der Waals surface area contributed by atoms with Crippen molar-refractivity contribution in [3.05, 3.63) is 89.9 Å². The van der Waals surface area contributed by atoms with Crippen molar-refractivity contribution in [3.63, 3.8) is 0 Å². The number of aryl methyl sites for hydroxylation is 1. The van der Waals surface area contributed by atoms with Crippen LogP contribution in [0.2, 0.25) is 0 Å². The third-order valence-corrected chi connectivity index (χ3v) is 4.93. The minimum atomic E-state index is 0.651. The van der Waals surface area contributed by atoms with Gasteiger partial charge in [-0.15, -0.1) is 0 Å². The number of hydrogen-bond acceptors (Lipinski definition) is 4. The molecule has 0 spiro atoms. The topological polar surface area (TPSA) is 38.5 Å². The van der Waals surface area contributed by atoms with Crippen molar-refractivity contribution in [3.8, 4) is 5.75 Å². The third kappa shape index (κ3) is 5.09. The first-order valence-electron chi connectivity index (χ1n) is 10.2. The van der Waals surface area contributed by atoms with E-state index < -0.39 is 0 Å². The number of pyridine rings is 1. The molecule has 0 amide bonds. The molecule has 30 heavy (non-hydrogen) atoms. The molecule has 0 unspecified atom stereocenters. The molecule has 4 nitrogen and oxygen atoms in total. The average molecular weight is 399 g/mol. The minimum Gasteiger partial charge on any atom is -0.493 e. The number of rotatable bonds is 8. The van der Waals surface area contributed by atoms with Crippen molar-refractivity contribution in [2.45, 2.75) is 12.8 Å². The smallest absolute Gasteiger partial charge is 0.138 e. The molecule has 0 N–H and O–H groups in total. The number of fused-ring (bicyclic) bond motifs is 1. The Hall–Kier alpha value is -3.53. The van der Waals surface area contributed by atoms with Gasteiger partial charge in [0.2, 0.25) is 0 Å². The van der Waals surface area contributed by atoms with Crippen LogP contribution in [-0.2, 0) is 6.42 Å². The van der Waals surface area contributed by atoms with E-state index in [-0.39, 0.29) is 0 Å². The second-order valence-electron chi connectivity index (χ2n) is 7.44. The maximum atomic E-state index is 5.98. The van der Waals surface area contributed by atoms with Gasteiger partial charge in [-0.1, -0.05) is 24.3 Å². The van der Waals surface area contributed by atoms with Crippen LogP contribution in [0.15, 0.2) is 77.3 Å². The minimum absolute atomic E-state index is 0.651. The lowest BCUT2D eigenvalue weighted by atomic mass is 10.1. The Morgan fingerprint density at radius 1 is 0.967 bits per heavy atom. The maximum Gasteiger partial charge on any atom is 0.138 e. The van der Waals surface area contributed by atoms with Crippen LogP contribution in [0.5, 0.6) is 5.75 Å². The first-order valence-corrected chi connectivity index (χ1v) is 10.2. The number of anilines is 1. The van der Waals surface area contributed by atoms with Crippen LogP contribution in [0.4, 0.5) is 5.69 Å². The van der Waals surface area contributed by atoms with Crippen LogP contribution in [0.1, 0.15) is 23.4 Å². The van der Waals surface area contributed by atoms with Crippen molar-refractivity contribution in [1.29, 1.82) is 0 Å². The van der Waals surface area contributed by atoms with Gasteiger partial charge < -0.3 is 14.1 Å². The van der Waals surface area contributed by atoms with E-state index in [1.807, 2.05) is 68.8 Å². The summed E-state index contributed by atoms with van der Waals surface area (Å²) in [6.45, 7) is 0.651. The zero-order valence-electron chi connectivity index (χ0n) is 17.4. The molecule has 4 rings (SSSR count). The van der Waals surface area contributed by atoms with Gasteiger partial charge in [0, 0.05) is 43.1 Å². The average Bonchev–Trinajstić information content (AvgIpc) is 3.18. The van der Waals surface area contributed by atoms with Gasteiger partial charge >= 0.3 is 0 Å². The van der Waals surface area contributed by atoms with Crippen molar-refractivity contribution in [2.24, 2.45) is 0 Å². The molecule has 4 aromatic rings. The summed E-state index contributed by atoms with van der Waals surface area (Å²) in [6, 6.07) is 22.4. The predicted octanol–water partition coefficient (Wildman–Crippen LogP) is 6.08. The van der Waals surface area contributed by atoms with Crippen molar-refractivity contribution in [1.82, 2.24) is 4.98 Å². The molecule has 0 aliphatic carbocycles. The highest BCUT2D eigenvalue weighted by Gasteiger charge is 2.04. The lowest BCUT2D eigenvalue weighted by Crippen LogP contribution is -2.07. The molecule has 152 valence electrons. The molecule has 2 aromatic heterocycles. The Kier molecular flexibility index (Phi) is 6.14. The summed E-state index contributed by atoms with van der Waals surface area (Å²) in [6.07, 6.45) is 7.72. The molecule has 0 radical (unpaired) electrons. The van der Waals surface area contributed by atoms with Crippen LogP contribution in [0.3, 0.4) is 0 Å². The molecule has 0 atom stereocenters. The zero-order valence-corrected chi connectivity index (χ0v) is 17.4. The number of nitrogens with zero attached hydrogens (tertiary/aromatic N) is 2. The molecule has 2 heterocycles. The lowest BCUT2D eigenvalue weighted by Gasteiger charge is -2.11. The molecule has 0 bridgehead atoms. The van der Waals surface area contributed by atoms with Gasteiger partial charge in [0.1, 0.15) is 17.1 Å². The third-order valence-electron chi connectivity index (χ3n) is 4.93. The van der Waals surface area contributed by atoms with E-state index in [2.05, 4.69) is 40.2 Å². The van der Waals surface area contributed by atoms with E-state index in [9.17, 15) is 0 Å². The van der Waals surface area contributed by atoms with E-state index in [0.29, 0.717) is 6.61 Å². The van der Waals surface area contributed by atoms with E-state index in [4.69, 9.17) is 9.15 Å². The van der Waals surface area contributed by atoms with Crippen LogP contribution >= 0.6 is 0 Å². The van der Waals surface area contributed by atoms with Crippen LogP contribution in [-0.4, -0.2) is 25.7 Å². The van der Waals surface area contributed by atoms with Gasteiger partial charge in [0.05, 0.1) is 6.61 Å². The molecule has 0 saturated heterocycles. The standard InChI is InChI=1S/C26H26N2O2/c1-28(2)23-12-8-20(9-13-23)10-14-25-18-21-11-15-24(19-26(21)30-25)29-17-5-7-22-6-3-4-16-27-22/h3-4,6,8-16,18-19H,5,7,17H2,1-2H3. The Morgan fingerprint density at radius 2 is 1.83 bits per heavy atom. The predicted molar refractivity (Wildman–Crippen MR) is 124 cm³/mol. The fourth-order valence-electron chi connectivity index (χ4n) is 3.26. The first-order chi connectivity index (χ1) is 14.7. The van der Waals surface area contributed by atoms with Gasteiger partial charge in [0.25, 0.3) is 0 Å². The lowest BCUT2D eigenvalue weighted by molar-refractivity contribution is 0.310. The quantitative estimate of drug-likeness (QED) is 0.337. The SMILES string of the molecule is CN(C)c1ccc(C=Cc2cc3ccc(OCCCc4ccccn4)cc3o2)cc1. The van der Waals surface area contributed by atoms with Crippen LogP contribution in [0, 0.1) is 0 Å². The van der Waals surface area contributed by atoms with Crippen molar-refractivity contribution in [2.75, 3.05) is 25.6 Å². The fraction of sp³-hybridized carbons (Fsp3) is 0.192. The highest BCUT2D eigenvalue weighted by Crippen LogP contribution is 2.26. The summed E-state index contributed by atoms with van der Waals surface area (Å²) in [5, 5.41) is 1.07. The summed E-state index contributed by atoms with van der Waals surface area (Å²) < 4.78 is 11.9. The van der Waals surface area contributed by atoms with Crippen molar-refractivity contribution < 1.29 is 9.15 Å². The van der Waals surface area contributed by atoms with Crippen LogP contribution < -0.4 is 9.64 Å². The summed E-state index contributed by atoms with van der Waals surface area (Å²) in [5.74, 6) is 1.65. The molecule has 0 saturated carbocycles. The Morgan fingerprint density at radius 3 is 2.60 bits per heavy atom. The number of ether oxygens (including phenoxy) is 1. The molecule has 4 heteroatoms. The van der Waals surface area contributed by atoms with Crippen LogP contribution in [0.25, 0.3) is 23.1 Å². The summed E-state index contributed by atoms with van der Waals surface area (Å²) >= 11 is 0. The maximum absolute atomic E-state index is 5.98. The number of furan rings is 1. The molecule has 0 fully saturated rings. The summed E-state index contributed by atoms with van der Waals surface area (Å²) in [4.78, 5) is 6.43. The van der Waals surface area contributed by atoms with Gasteiger partial charge in [-0.3, -0.25) is 4.98 Å². The first kappa shape index (κ1) is 19.8. The molecule has 0 aliphatic heterocycles. The highest BCUT2D eigenvalue weighted by atomic mass is 16.5. The summed E-state index contributed by atoms with van der Waals surface area (Å²) in [5.41, 5.74) is 4.25. The van der Waals surface area contributed by atoms with E-state index in [0.717, 1.165) is 46.6 Å². The number of aromatic nitrogens is 1. The largest absolute Gasteiger partial charge is 0.493 e. The number of benzene rings is 2. The van der Waals surface area contributed by atoms with E-state index in [1.165, 1.54) is 5.69 Å².